The van der Waals surface area contributed by atoms with Gasteiger partial charge in [0.25, 0.3) is 0 Å². The van der Waals surface area contributed by atoms with E-state index in [-0.39, 0.29) is 23.1 Å². The fraction of sp³-hybridized carbons (Fsp3) is 0.367. The first-order chi connectivity index (χ1) is 18.0. The highest BCUT2D eigenvalue weighted by Crippen LogP contribution is 2.45. The molecule has 1 aromatic carbocycles. The minimum Gasteiger partial charge on any atom is -0.478 e. The maximum atomic E-state index is 12.8. The first-order valence-electron chi connectivity index (χ1n) is 12.9. The number of pyridine rings is 1. The molecule has 0 amide bonds. The highest BCUT2D eigenvalue weighted by molar-refractivity contribution is 5.99. The minimum absolute atomic E-state index is 0.0185. The van der Waals surface area contributed by atoms with Crippen LogP contribution >= 0.6 is 0 Å². The van der Waals surface area contributed by atoms with Crippen LogP contribution < -0.4 is 0 Å². The van der Waals surface area contributed by atoms with Crippen LogP contribution in [0.4, 0.5) is 0 Å². The average Bonchev–Trinajstić information content (AvgIpc) is 3.26. The fourth-order valence-corrected chi connectivity index (χ4v) is 5.41. The van der Waals surface area contributed by atoms with Crippen molar-refractivity contribution in [1.29, 1.82) is 0 Å². The number of benzene rings is 1. The van der Waals surface area contributed by atoms with Crippen LogP contribution in [0.15, 0.2) is 77.3 Å². The van der Waals surface area contributed by atoms with Gasteiger partial charge in [0.2, 0.25) is 0 Å². The molecule has 2 N–H and O–H groups in total. The SMILES string of the molecule is CC1=C(C(=O)O)C(c2c(C(C)C)nn3ccccc23)C(C(=O)O)=C(C)N1CC(C)N(C)Cc1ccccc1. The van der Waals surface area contributed by atoms with E-state index < -0.39 is 17.9 Å². The smallest absolute Gasteiger partial charge is 0.334 e. The predicted molar refractivity (Wildman–Crippen MR) is 147 cm³/mol. The second-order valence-electron chi connectivity index (χ2n) is 10.4. The van der Waals surface area contributed by atoms with E-state index in [0.29, 0.717) is 34.7 Å². The third-order valence-corrected chi connectivity index (χ3v) is 7.54. The molecule has 0 spiro atoms. The normalized spacial score (nSPS) is 15.7. The number of carbonyl (C=O) groups is 2. The summed E-state index contributed by atoms with van der Waals surface area (Å²) in [6, 6.07) is 15.7. The highest BCUT2D eigenvalue weighted by Gasteiger charge is 2.42. The summed E-state index contributed by atoms with van der Waals surface area (Å²) in [4.78, 5) is 29.7. The molecule has 0 fully saturated rings. The Morgan fingerprint density at radius 3 is 2.08 bits per heavy atom. The van der Waals surface area contributed by atoms with E-state index >= 15 is 0 Å². The lowest BCUT2D eigenvalue weighted by molar-refractivity contribution is -0.133. The number of fused-ring (bicyclic) bond motifs is 1. The second kappa shape index (κ2) is 10.8. The Balaban J connectivity index is 1.82. The van der Waals surface area contributed by atoms with E-state index in [2.05, 4.69) is 24.0 Å². The van der Waals surface area contributed by atoms with Gasteiger partial charge in [0.15, 0.2) is 0 Å². The summed E-state index contributed by atoms with van der Waals surface area (Å²) in [7, 11) is 2.02. The van der Waals surface area contributed by atoms with Gasteiger partial charge in [0, 0.05) is 42.3 Å². The Hall–Kier alpha value is -3.91. The van der Waals surface area contributed by atoms with Crippen molar-refractivity contribution in [2.24, 2.45) is 0 Å². The Labute approximate surface area is 223 Å². The number of carboxylic acids is 2. The van der Waals surface area contributed by atoms with E-state index in [9.17, 15) is 19.8 Å². The van der Waals surface area contributed by atoms with E-state index in [0.717, 1.165) is 6.54 Å². The van der Waals surface area contributed by atoms with Gasteiger partial charge in [-0.3, -0.25) is 4.90 Å². The van der Waals surface area contributed by atoms with Crippen molar-refractivity contribution < 1.29 is 19.8 Å². The number of aliphatic carboxylic acids is 2. The van der Waals surface area contributed by atoms with E-state index in [1.807, 2.05) is 62.2 Å². The lowest BCUT2D eigenvalue weighted by atomic mass is 9.78. The molecule has 0 radical (unpaired) electrons. The largest absolute Gasteiger partial charge is 0.478 e. The van der Waals surface area contributed by atoms with Gasteiger partial charge in [-0.15, -0.1) is 0 Å². The quantitative estimate of drug-likeness (QED) is 0.409. The standard InChI is InChI=1S/C30H36N4O4/c1-18(2)28-26(23-14-10-11-15-34(23)31-28)27-24(29(35)36)20(4)33(21(5)25(27)30(37)38)16-19(3)32(6)17-22-12-8-7-9-13-22/h7-15,18-19,27H,16-17H2,1-6H3,(H,35,36)(H,37,38). The average molecular weight is 517 g/mol. The molecule has 8 nitrogen and oxygen atoms in total. The van der Waals surface area contributed by atoms with Gasteiger partial charge < -0.3 is 15.1 Å². The number of hydrogen-bond acceptors (Lipinski definition) is 5. The Morgan fingerprint density at radius 1 is 0.947 bits per heavy atom. The van der Waals surface area contributed by atoms with Crippen molar-refractivity contribution in [3.63, 3.8) is 0 Å². The van der Waals surface area contributed by atoms with Crippen LogP contribution in [0.2, 0.25) is 0 Å². The van der Waals surface area contributed by atoms with E-state index in [4.69, 9.17) is 5.10 Å². The molecule has 0 aliphatic carbocycles. The van der Waals surface area contributed by atoms with Crippen molar-refractivity contribution in [1.82, 2.24) is 19.4 Å². The van der Waals surface area contributed by atoms with E-state index in [1.165, 1.54) is 5.56 Å². The number of carboxylic acid groups (broad SMARTS) is 2. The van der Waals surface area contributed by atoms with Crippen LogP contribution in [0.25, 0.3) is 5.52 Å². The first kappa shape index (κ1) is 27.1. The van der Waals surface area contributed by atoms with Gasteiger partial charge in [-0.2, -0.15) is 5.10 Å². The summed E-state index contributed by atoms with van der Waals surface area (Å²) in [6.07, 6.45) is 1.80. The van der Waals surface area contributed by atoms with Crippen LogP contribution in [-0.2, 0) is 16.1 Å². The first-order valence-corrected chi connectivity index (χ1v) is 12.9. The monoisotopic (exact) mass is 516 g/mol. The molecule has 3 aromatic rings. The zero-order valence-corrected chi connectivity index (χ0v) is 22.8. The maximum absolute atomic E-state index is 12.8. The van der Waals surface area contributed by atoms with Crippen molar-refractivity contribution in [2.75, 3.05) is 13.6 Å². The van der Waals surface area contributed by atoms with Crippen molar-refractivity contribution in [2.45, 2.75) is 59.0 Å². The summed E-state index contributed by atoms with van der Waals surface area (Å²) >= 11 is 0. The molecular formula is C30H36N4O4. The van der Waals surface area contributed by atoms with Crippen molar-refractivity contribution in [3.8, 4) is 0 Å². The van der Waals surface area contributed by atoms with Gasteiger partial charge in [0.05, 0.1) is 28.3 Å². The van der Waals surface area contributed by atoms with Crippen LogP contribution in [0, 0.1) is 0 Å². The summed E-state index contributed by atoms with van der Waals surface area (Å²) in [6.45, 7) is 10.8. The number of allylic oxidation sites excluding steroid dienone is 2. The fourth-order valence-electron chi connectivity index (χ4n) is 5.41. The number of rotatable bonds is 9. The van der Waals surface area contributed by atoms with Crippen molar-refractivity contribution >= 4 is 17.5 Å². The summed E-state index contributed by atoms with van der Waals surface area (Å²) in [5.41, 5.74) is 4.48. The molecule has 8 heteroatoms. The molecule has 200 valence electrons. The molecule has 0 bridgehead atoms. The number of nitrogens with zero attached hydrogens (tertiary/aromatic N) is 4. The van der Waals surface area contributed by atoms with Gasteiger partial charge in [0.1, 0.15) is 0 Å². The van der Waals surface area contributed by atoms with Crippen LogP contribution in [0.5, 0.6) is 0 Å². The van der Waals surface area contributed by atoms with E-state index in [1.54, 1.807) is 24.6 Å². The van der Waals surface area contributed by atoms with Crippen molar-refractivity contribution in [3.05, 3.63) is 94.1 Å². The second-order valence-corrected chi connectivity index (χ2v) is 10.4. The molecule has 3 heterocycles. The molecule has 2 aromatic heterocycles. The lowest BCUT2D eigenvalue weighted by Crippen LogP contribution is -2.42. The molecule has 38 heavy (non-hydrogen) atoms. The molecule has 4 rings (SSSR count). The third kappa shape index (κ3) is 4.96. The zero-order chi connectivity index (χ0) is 27.7. The Morgan fingerprint density at radius 2 is 1.53 bits per heavy atom. The molecule has 1 atom stereocenters. The molecule has 0 saturated carbocycles. The van der Waals surface area contributed by atoms with Gasteiger partial charge in [-0.1, -0.05) is 50.2 Å². The van der Waals surface area contributed by atoms with Crippen LogP contribution in [0.3, 0.4) is 0 Å². The third-order valence-electron chi connectivity index (χ3n) is 7.54. The predicted octanol–water partition coefficient (Wildman–Crippen LogP) is 5.09. The molecular weight excluding hydrogens is 480 g/mol. The summed E-state index contributed by atoms with van der Waals surface area (Å²) < 4.78 is 1.71. The highest BCUT2D eigenvalue weighted by atomic mass is 16.4. The Kier molecular flexibility index (Phi) is 7.73. The van der Waals surface area contributed by atoms with Gasteiger partial charge in [-0.25, -0.2) is 14.1 Å². The zero-order valence-electron chi connectivity index (χ0n) is 22.8. The van der Waals surface area contributed by atoms with Crippen LogP contribution in [-0.4, -0.2) is 61.2 Å². The minimum atomic E-state index is -1.13. The van der Waals surface area contributed by atoms with Gasteiger partial charge >= 0.3 is 11.9 Å². The maximum Gasteiger partial charge on any atom is 0.334 e. The molecule has 1 unspecified atom stereocenters. The number of aromatic nitrogens is 2. The number of likely N-dealkylation sites (N-methyl/N-ethyl adjacent to an activating group) is 1. The lowest BCUT2D eigenvalue weighted by Gasteiger charge is -2.40. The molecule has 1 aliphatic heterocycles. The summed E-state index contributed by atoms with van der Waals surface area (Å²) in [5.74, 6) is -3.23. The summed E-state index contributed by atoms with van der Waals surface area (Å²) in [5, 5.41) is 25.7. The van der Waals surface area contributed by atoms with Gasteiger partial charge in [-0.05, 0) is 51.4 Å². The topological polar surface area (TPSA) is 98.4 Å². The molecule has 1 aliphatic rings. The molecule has 0 saturated heterocycles. The number of hydrogen-bond donors (Lipinski definition) is 2. The van der Waals surface area contributed by atoms with Crippen LogP contribution in [0.1, 0.15) is 63.3 Å². The Bertz CT molecular complexity index is 1380.